The Morgan fingerprint density at radius 3 is 2.40 bits per heavy atom. The number of primary amides is 1. The number of para-hydroxylation sites is 1. The van der Waals surface area contributed by atoms with Crippen LogP contribution in [0.5, 0.6) is 0 Å². The van der Waals surface area contributed by atoms with Crippen LogP contribution in [0.3, 0.4) is 0 Å². The first-order valence-electron chi connectivity index (χ1n) is 5.81. The van der Waals surface area contributed by atoms with Crippen molar-refractivity contribution in [1.82, 2.24) is 9.97 Å². The van der Waals surface area contributed by atoms with Gasteiger partial charge in [0.05, 0.1) is 26.7 Å². The molecule has 3 rings (SSSR count). The molecule has 0 spiro atoms. The zero-order valence-electron chi connectivity index (χ0n) is 10.2. The van der Waals surface area contributed by atoms with Crippen LogP contribution in [0.4, 0.5) is 0 Å². The number of hydrogen-bond donors (Lipinski definition) is 2. The maximum absolute atomic E-state index is 11.4. The second kappa shape index (κ2) is 4.81. The van der Waals surface area contributed by atoms with Gasteiger partial charge in [-0.2, -0.15) is 0 Å². The fourth-order valence-electron chi connectivity index (χ4n) is 2.07. The Bertz CT molecular complexity index is 806. The summed E-state index contributed by atoms with van der Waals surface area (Å²) in [5.41, 5.74) is 7.50. The van der Waals surface area contributed by atoms with Gasteiger partial charge >= 0.3 is 0 Å². The number of carbonyl (C=O) groups is 1. The minimum atomic E-state index is -0.529. The van der Waals surface area contributed by atoms with Crippen LogP contribution in [-0.2, 0) is 0 Å². The fraction of sp³-hybridized carbons (Fsp3) is 0. The monoisotopic (exact) mass is 305 g/mol. The van der Waals surface area contributed by atoms with Gasteiger partial charge in [0, 0.05) is 0 Å². The second-order valence-corrected chi connectivity index (χ2v) is 5.06. The fourth-order valence-corrected chi connectivity index (χ4v) is 2.65. The number of fused-ring (bicyclic) bond motifs is 1. The highest BCUT2D eigenvalue weighted by Gasteiger charge is 2.15. The average Bonchev–Trinajstić information content (AvgIpc) is 2.81. The predicted octanol–water partition coefficient (Wildman–Crippen LogP) is 3.64. The molecule has 0 bridgehead atoms. The summed E-state index contributed by atoms with van der Waals surface area (Å²) in [6.45, 7) is 0. The quantitative estimate of drug-likeness (QED) is 0.758. The zero-order valence-corrected chi connectivity index (χ0v) is 11.7. The summed E-state index contributed by atoms with van der Waals surface area (Å²) in [7, 11) is 0. The lowest BCUT2D eigenvalue weighted by atomic mass is 10.2. The number of rotatable bonds is 2. The number of H-pyrrole nitrogens is 1. The Morgan fingerprint density at radius 2 is 1.75 bits per heavy atom. The molecule has 2 aromatic carbocycles. The SMILES string of the molecule is NC(=O)c1cccc2[nH]c(-c3c(Cl)cccc3Cl)nc12. The van der Waals surface area contributed by atoms with E-state index in [9.17, 15) is 4.79 Å². The molecule has 0 fully saturated rings. The number of halogens is 2. The number of nitrogens with two attached hydrogens (primary N) is 1. The van der Waals surface area contributed by atoms with Gasteiger partial charge in [0.1, 0.15) is 11.3 Å². The summed E-state index contributed by atoms with van der Waals surface area (Å²) in [6.07, 6.45) is 0. The summed E-state index contributed by atoms with van der Waals surface area (Å²) in [4.78, 5) is 18.9. The summed E-state index contributed by atoms with van der Waals surface area (Å²) in [5.74, 6) is -0.0248. The number of aromatic amines is 1. The number of carbonyl (C=O) groups excluding carboxylic acids is 1. The van der Waals surface area contributed by atoms with Crippen molar-refractivity contribution >= 4 is 40.1 Å². The van der Waals surface area contributed by atoms with Gasteiger partial charge in [0.2, 0.25) is 0 Å². The maximum Gasteiger partial charge on any atom is 0.250 e. The molecule has 0 radical (unpaired) electrons. The number of aromatic nitrogens is 2. The van der Waals surface area contributed by atoms with Crippen molar-refractivity contribution in [2.24, 2.45) is 5.73 Å². The van der Waals surface area contributed by atoms with E-state index in [1.54, 1.807) is 30.3 Å². The molecular weight excluding hydrogens is 297 g/mol. The van der Waals surface area contributed by atoms with E-state index in [0.717, 1.165) is 0 Å². The molecule has 0 aliphatic rings. The number of amides is 1. The number of hydrogen-bond acceptors (Lipinski definition) is 2. The topological polar surface area (TPSA) is 71.8 Å². The number of nitrogens with one attached hydrogen (secondary N) is 1. The third-order valence-corrected chi connectivity index (χ3v) is 3.61. The van der Waals surface area contributed by atoms with Gasteiger partial charge in [-0.25, -0.2) is 4.98 Å². The summed E-state index contributed by atoms with van der Waals surface area (Å²) in [6, 6.07) is 10.4. The number of benzene rings is 2. The van der Waals surface area contributed by atoms with Gasteiger partial charge in [0.25, 0.3) is 5.91 Å². The number of nitrogens with zero attached hydrogens (tertiary/aromatic N) is 1. The van der Waals surface area contributed by atoms with Crippen LogP contribution in [0, 0.1) is 0 Å². The number of imidazole rings is 1. The minimum Gasteiger partial charge on any atom is -0.366 e. The highest BCUT2D eigenvalue weighted by Crippen LogP contribution is 2.34. The average molecular weight is 306 g/mol. The zero-order chi connectivity index (χ0) is 14.3. The first-order chi connectivity index (χ1) is 9.58. The van der Waals surface area contributed by atoms with Crippen LogP contribution < -0.4 is 5.73 Å². The molecule has 0 aliphatic carbocycles. The third-order valence-electron chi connectivity index (χ3n) is 2.98. The molecule has 6 heteroatoms. The molecule has 100 valence electrons. The first kappa shape index (κ1) is 13.0. The molecule has 0 saturated carbocycles. The third kappa shape index (κ3) is 2.03. The van der Waals surface area contributed by atoms with E-state index >= 15 is 0 Å². The van der Waals surface area contributed by atoms with E-state index in [-0.39, 0.29) is 0 Å². The molecule has 1 heterocycles. The molecule has 0 saturated heterocycles. The molecule has 0 aliphatic heterocycles. The Morgan fingerprint density at radius 1 is 1.10 bits per heavy atom. The van der Waals surface area contributed by atoms with Crippen LogP contribution >= 0.6 is 23.2 Å². The van der Waals surface area contributed by atoms with Crippen molar-refractivity contribution in [3.63, 3.8) is 0 Å². The van der Waals surface area contributed by atoms with Gasteiger partial charge < -0.3 is 10.7 Å². The van der Waals surface area contributed by atoms with Crippen molar-refractivity contribution in [2.75, 3.05) is 0 Å². The molecule has 0 unspecified atom stereocenters. The van der Waals surface area contributed by atoms with Crippen LogP contribution in [0.15, 0.2) is 36.4 Å². The highest BCUT2D eigenvalue weighted by atomic mass is 35.5. The van der Waals surface area contributed by atoms with E-state index in [2.05, 4.69) is 9.97 Å². The van der Waals surface area contributed by atoms with Gasteiger partial charge in [-0.3, -0.25) is 4.79 Å². The van der Waals surface area contributed by atoms with E-state index < -0.39 is 5.91 Å². The summed E-state index contributed by atoms with van der Waals surface area (Å²) in [5, 5.41) is 0.967. The van der Waals surface area contributed by atoms with E-state index in [1.807, 2.05) is 6.07 Å². The normalized spacial score (nSPS) is 10.9. The first-order valence-corrected chi connectivity index (χ1v) is 6.56. The smallest absolute Gasteiger partial charge is 0.250 e. The Hall–Kier alpha value is -2.04. The Kier molecular flexibility index (Phi) is 3.12. The highest BCUT2D eigenvalue weighted by molar-refractivity contribution is 6.39. The molecule has 4 nitrogen and oxygen atoms in total. The Balaban J connectivity index is 2.29. The molecule has 3 aromatic rings. The van der Waals surface area contributed by atoms with Crippen LogP contribution in [-0.4, -0.2) is 15.9 Å². The van der Waals surface area contributed by atoms with Crippen molar-refractivity contribution < 1.29 is 4.79 Å². The van der Waals surface area contributed by atoms with Crippen molar-refractivity contribution in [1.29, 1.82) is 0 Å². The van der Waals surface area contributed by atoms with E-state index in [1.165, 1.54) is 0 Å². The van der Waals surface area contributed by atoms with Gasteiger partial charge in [-0.05, 0) is 24.3 Å². The van der Waals surface area contributed by atoms with Gasteiger partial charge in [0.15, 0.2) is 0 Å². The van der Waals surface area contributed by atoms with Crippen molar-refractivity contribution in [3.8, 4) is 11.4 Å². The molecule has 1 amide bonds. The molecule has 0 atom stereocenters. The standard InChI is InChI=1S/C14H9Cl2N3O/c15-8-4-2-5-9(16)11(8)14-18-10-6-1-3-7(13(17)20)12(10)19-14/h1-6H,(H2,17,20)(H,18,19). The lowest BCUT2D eigenvalue weighted by molar-refractivity contribution is 0.100. The van der Waals surface area contributed by atoms with Crippen LogP contribution in [0.1, 0.15) is 10.4 Å². The van der Waals surface area contributed by atoms with Gasteiger partial charge in [-0.1, -0.05) is 35.3 Å². The van der Waals surface area contributed by atoms with E-state index in [0.29, 0.717) is 38.0 Å². The second-order valence-electron chi connectivity index (χ2n) is 4.25. The molecule has 1 aromatic heterocycles. The largest absolute Gasteiger partial charge is 0.366 e. The maximum atomic E-state index is 11.4. The summed E-state index contributed by atoms with van der Waals surface area (Å²) >= 11 is 12.3. The summed E-state index contributed by atoms with van der Waals surface area (Å²) < 4.78 is 0. The van der Waals surface area contributed by atoms with Crippen LogP contribution in [0.25, 0.3) is 22.4 Å². The van der Waals surface area contributed by atoms with Crippen molar-refractivity contribution in [3.05, 3.63) is 52.0 Å². The molecule has 3 N–H and O–H groups in total. The van der Waals surface area contributed by atoms with E-state index in [4.69, 9.17) is 28.9 Å². The minimum absolute atomic E-state index is 0.355. The lowest BCUT2D eigenvalue weighted by Crippen LogP contribution is -2.11. The molecule has 20 heavy (non-hydrogen) atoms. The van der Waals surface area contributed by atoms with Gasteiger partial charge in [-0.15, -0.1) is 0 Å². The lowest BCUT2D eigenvalue weighted by Gasteiger charge is -2.02. The predicted molar refractivity (Wildman–Crippen MR) is 80.1 cm³/mol. The van der Waals surface area contributed by atoms with Crippen molar-refractivity contribution in [2.45, 2.75) is 0 Å². The van der Waals surface area contributed by atoms with Crippen LogP contribution in [0.2, 0.25) is 10.0 Å². The Labute approximate surface area is 124 Å². The molecular formula is C14H9Cl2N3O.